The zero-order chi connectivity index (χ0) is 13.0. The van der Waals surface area contributed by atoms with E-state index in [9.17, 15) is 0 Å². The van der Waals surface area contributed by atoms with E-state index in [1.165, 1.54) is 0 Å². The lowest BCUT2D eigenvalue weighted by molar-refractivity contribution is 0.318. The molecule has 1 atom stereocenters. The molecule has 0 spiro atoms. The van der Waals surface area contributed by atoms with Gasteiger partial charge >= 0.3 is 0 Å². The van der Waals surface area contributed by atoms with Crippen LogP contribution in [0.15, 0.2) is 29.4 Å². The molecule has 1 aromatic rings. The molecule has 0 radical (unpaired) electrons. The van der Waals surface area contributed by atoms with Gasteiger partial charge in [-0.2, -0.15) is 0 Å². The lowest BCUT2D eigenvalue weighted by atomic mass is 10.0. The van der Waals surface area contributed by atoms with E-state index in [1.807, 2.05) is 31.3 Å². The van der Waals surface area contributed by atoms with Crippen molar-refractivity contribution >= 4 is 11.5 Å². The lowest BCUT2D eigenvalue weighted by Gasteiger charge is -2.31. The summed E-state index contributed by atoms with van der Waals surface area (Å²) in [6, 6.07) is 8.04. The van der Waals surface area contributed by atoms with Crippen LogP contribution in [0.4, 0.5) is 5.69 Å². The summed E-state index contributed by atoms with van der Waals surface area (Å²) >= 11 is 0. The molecule has 0 aromatic heterocycles. The largest absolute Gasteiger partial charge is 0.409 e. The first-order valence-corrected chi connectivity index (χ1v) is 5.78. The van der Waals surface area contributed by atoms with Gasteiger partial charge in [0.2, 0.25) is 0 Å². The normalized spacial score (nSPS) is 13.8. The molecule has 94 valence electrons. The van der Waals surface area contributed by atoms with Crippen molar-refractivity contribution < 1.29 is 5.21 Å². The van der Waals surface area contributed by atoms with Gasteiger partial charge in [-0.05, 0) is 25.0 Å². The van der Waals surface area contributed by atoms with Crippen molar-refractivity contribution in [1.82, 2.24) is 0 Å². The Morgan fingerprint density at radius 2 is 1.88 bits per heavy atom. The SMILES string of the molecule is CC(C)C(C)N(C)c1ccccc1/C(N)=N/O. The van der Waals surface area contributed by atoms with E-state index in [2.05, 4.69) is 30.8 Å². The maximum Gasteiger partial charge on any atom is 0.172 e. The van der Waals surface area contributed by atoms with Crippen molar-refractivity contribution in [2.45, 2.75) is 26.8 Å². The highest BCUT2D eigenvalue weighted by molar-refractivity contribution is 6.02. The van der Waals surface area contributed by atoms with Gasteiger partial charge in [-0.3, -0.25) is 0 Å². The number of hydrogen-bond donors (Lipinski definition) is 2. The molecule has 1 aromatic carbocycles. The summed E-state index contributed by atoms with van der Waals surface area (Å²) in [5.41, 5.74) is 7.41. The van der Waals surface area contributed by atoms with E-state index < -0.39 is 0 Å². The third-order valence-electron chi connectivity index (χ3n) is 3.24. The van der Waals surface area contributed by atoms with Crippen LogP contribution in [-0.2, 0) is 0 Å². The fourth-order valence-corrected chi connectivity index (χ4v) is 1.72. The Morgan fingerprint density at radius 1 is 1.29 bits per heavy atom. The van der Waals surface area contributed by atoms with Crippen LogP contribution >= 0.6 is 0 Å². The molecule has 0 aliphatic carbocycles. The Balaban J connectivity index is 3.13. The van der Waals surface area contributed by atoms with Crippen molar-refractivity contribution in [3.63, 3.8) is 0 Å². The van der Waals surface area contributed by atoms with Crippen LogP contribution < -0.4 is 10.6 Å². The molecular formula is C13H21N3O. The average Bonchev–Trinajstić information content (AvgIpc) is 2.35. The van der Waals surface area contributed by atoms with Gasteiger partial charge in [0, 0.05) is 24.3 Å². The second-order valence-corrected chi connectivity index (χ2v) is 4.60. The van der Waals surface area contributed by atoms with Gasteiger partial charge in [0.15, 0.2) is 5.84 Å². The Morgan fingerprint density at radius 3 is 2.41 bits per heavy atom. The van der Waals surface area contributed by atoms with E-state index in [0.29, 0.717) is 12.0 Å². The van der Waals surface area contributed by atoms with Crippen molar-refractivity contribution in [3.05, 3.63) is 29.8 Å². The van der Waals surface area contributed by atoms with E-state index in [1.54, 1.807) is 0 Å². The minimum atomic E-state index is 0.142. The smallest absolute Gasteiger partial charge is 0.172 e. The number of oxime groups is 1. The molecule has 4 heteroatoms. The van der Waals surface area contributed by atoms with Crippen LogP contribution in [0.25, 0.3) is 0 Å². The summed E-state index contributed by atoms with van der Waals surface area (Å²) < 4.78 is 0. The number of amidine groups is 1. The van der Waals surface area contributed by atoms with E-state index in [4.69, 9.17) is 10.9 Å². The molecule has 0 aliphatic rings. The number of benzene rings is 1. The van der Waals surface area contributed by atoms with Crippen LogP contribution in [-0.4, -0.2) is 24.1 Å². The molecule has 17 heavy (non-hydrogen) atoms. The maximum atomic E-state index is 8.79. The fraction of sp³-hybridized carbons (Fsp3) is 0.462. The molecule has 0 heterocycles. The predicted molar refractivity (Wildman–Crippen MR) is 71.7 cm³/mol. The highest BCUT2D eigenvalue weighted by Gasteiger charge is 2.17. The standard InChI is InChI=1S/C13H21N3O/c1-9(2)10(3)16(4)12-8-6-5-7-11(12)13(14)15-17/h5-10,17H,1-4H3,(H2,14,15). The van der Waals surface area contributed by atoms with Gasteiger partial charge in [0.05, 0.1) is 0 Å². The molecule has 1 rings (SSSR count). The molecular weight excluding hydrogens is 214 g/mol. The predicted octanol–water partition coefficient (Wildman–Crippen LogP) is 2.26. The van der Waals surface area contributed by atoms with Gasteiger partial charge in [-0.15, -0.1) is 0 Å². The van der Waals surface area contributed by atoms with Crippen LogP contribution in [0.2, 0.25) is 0 Å². The maximum absolute atomic E-state index is 8.79. The Labute approximate surface area is 103 Å². The minimum absolute atomic E-state index is 0.142. The van der Waals surface area contributed by atoms with Gasteiger partial charge in [-0.25, -0.2) is 0 Å². The first-order valence-electron chi connectivity index (χ1n) is 5.78. The third kappa shape index (κ3) is 2.90. The summed E-state index contributed by atoms with van der Waals surface area (Å²) in [5, 5.41) is 11.9. The molecule has 0 saturated carbocycles. The zero-order valence-corrected chi connectivity index (χ0v) is 10.9. The van der Waals surface area contributed by atoms with E-state index in [-0.39, 0.29) is 5.84 Å². The summed E-state index contributed by atoms with van der Waals surface area (Å²) in [5.74, 6) is 0.670. The van der Waals surface area contributed by atoms with Crippen LogP contribution in [0.1, 0.15) is 26.3 Å². The number of nitrogens with zero attached hydrogens (tertiary/aromatic N) is 2. The molecule has 0 aliphatic heterocycles. The topological polar surface area (TPSA) is 61.8 Å². The highest BCUT2D eigenvalue weighted by atomic mass is 16.4. The third-order valence-corrected chi connectivity index (χ3v) is 3.24. The van der Waals surface area contributed by atoms with Crippen LogP contribution in [0.5, 0.6) is 0 Å². The quantitative estimate of drug-likeness (QED) is 0.364. The van der Waals surface area contributed by atoms with E-state index in [0.717, 1.165) is 11.3 Å². The molecule has 0 fully saturated rings. The molecule has 4 nitrogen and oxygen atoms in total. The van der Waals surface area contributed by atoms with Crippen molar-refractivity contribution in [2.24, 2.45) is 16.8 Å². The fourth-order valence-electron chi connectivity index (χ4n) is 1.72. The number of hydrogen-bond acceptors (Lipinski definition) is 3. The zero-order valence-electron chi connectivity index (χ0n) is 10.9. The van der Waals surface area contributed by atoms with Crippen LogP contribution in [0.3, 0.4) is 0 Å². The van der Waals surface area contributed by atoms with Gasteiger partial charge < -0.3 is 15.8 Å². The molecule has 3 N–H and O–H groups in total. The first-order chi connectivity index (χ1) is 7.99. The first kappa shape index (κ1) is 13.4. The average molecular weight is 235 g/mol. The van der Waals surface area contributed by atoms with Crippen molar-refractivity contribution in [1.29, 1.82) is 0 Å². The van der Waals surface area contributed by atoms with Gasteiger partial charge in [0.25, 0.3) is 0 Å². The second kappa shape index (κ2) is 5.57. The summed E-state index contributed by atoms with van der Waals surface area (Å²) in [6.07, 6.45) is 0. The lowest BCUT2D eigenvalue weighted by Crippen LogP contribution is -2.34. The number of para-hydroxylation sites is 1. The highest BCUT2D eigenvalue weighted by Crippen LogP contribution is 2.23. The monoisotopic (exact) mass is 235 g/mol. The molecule has 1 unspecified atom stereocenters. The van der Waals surface area contributed by atoms with Crippen molar-refractivity contribution in [2.75, 3.05) is 11.9 Å². The van der Waals surface area contributed by atoms with Crippen molar-refractivity contribution in [3.8, 4) is 0 Å². The number of rotatable bonds is 4. The summed E-state index contributed by atoms with van der Waals surface area (Å²) in [6.45, 7) is 6.51. The molecule has 0 saturated heterocycles. The Kier molecular flexibility index (Phi) is 4.37. The Bertz CT molecular complexity index is 401. The minimum Gasteiger partial charge on any atom is -0.409 e. The van der Waals surface area contributed by atoms with Gasteiger partial charge in [-0.1, -0.05) is 31.1 Å². The number of nitrogens with two attached hydrogens (primary N) is 1. The Hall–Kier alpha value is -1.71. The second-order valence-electron chi connectivity index (χ2n) is 4.60. The van der Waals surface area contributed by atoms with Gasteiger partial charge in [0.1, 0.15) is 0 Å². The molecule has 0 amide bonds. The summed E-state index contributed by atoms with van der Waals surface area (Å²) in [4.78, 5) is 2.15. The number of anilines is 1. The van der Waals surface area contributed by atoms with Crippen LogP contribution in [0, 0.1) is 5.92 Å². The summed E-state index contributed by atoms with van der Waals surface area (Å²) in [7, 11) is 2.02. The van der Waals surface area contributed by atoms with E-state index >= 15 is 0 Å². The molecule has 0 bridgehead atoms.